The Balaban J connectivity index is 1.57. The molecule has 0 saturated heterocycles. The number of fused-ring (bicyclic) bond motifs is 1. The number of aryl methyl sites for hydroxylation is 3. The minimum absolute atomic E-state index is 0.0791. The number of hydrogen-bond donors (Lipinski definition) is 1. The van der Waals surface area contributed by atoms with Crippen molar-refractivity contribution in [3.8, 4) is 0 Å². The van der Waals surface area contributed by atoms with Crippen LogP contribution in [0.3, 0.4) is 0 Å². The first-order valence-electron chi connectivity index (χ1n) is 8.86. The van der Waals surface area contributed by atoms with Crippen LogP contribution in [0.1, 0.15) is 48.4 Å². The van der Waals surface area contributed by atoms with Crippen molar-refractivity contribution in [2.24, 2.45) is 0 Å². The van der Waals surface area contributed by atoms with Crippen molar-refractivity contribution in [3.63, 3.8) is 0 Å². The van der Waals surface area contributed by atoms with Gasteiger partial charge < -0.3 is 5.32 Å². The third-order valence-corrected chi connectivity index (χ3v) is 6.68. The molecule has 0 saturated carbocycles. The summed E-state index contributed by atoms with van der Waals surface area (Å²) < 4.78 is 0. The summed E-state index contributed by atoms with van der Waals surface area (Å²) >= 11 is 3.21. The van der Waals surface area contributed by atoms with Crippen LogP contribution in [0, 0.1) is 20.8 Å². The van der Waals surface area contributed by atoms with E-state index in [1.807, 2.05) is 6.92 Å². The van der Waals surface area contributed by atoms with E-state index in [4.69, 9.17) is 0 Å². The second-order valence-corrected chi connectivity index (χ2v) is 8.70. The van der Waals surface area contributed by atoms with Crippen molar-refractivity contribution in [1.29, 1.82) is 0 Å². The third kappa shape index (κ3) is 4.61. The van der Waals surface area contributed by atoms with Gasteiger partial charge in [-0.3, -0.25) is 4.79 Å². The van der Waals surface area contributed by atoms with Crippen LogP contribution in [0.2, 0.25) is 0 Å². The van der Waals surface area contributed by atoms with Crippen molar-refractivity contribution in [3.05, 3.63) is 27.9 Å². The number of allylic oxidation sites excluding steroid dienone is 1. The highest BCUT2D eigenvalue weighted by Gasteiger charge is 2.15. The van der Waals surface area contributed by atoms with Crippen molar-refractivity contribution in [2.75, 3.05) is 12.3 Å². The van der Waals surface area contributed by atoms with E-state index in [-0.39, 0.29) is 5.91 Å². The Morgan fingerprint density at radius 1 is 1.28 bits per heavy atom. The fourth-order valence-corrected chi connectivity index (χ4v) is 5.20. The molecule has 2 aromatic heterocycles. The number of carbonyl (C=O) groups is 1. The highest BCUT2D eigenvalue weighted by molar-refractivity contribution is 8.00. The monoisotopic (exact) mass is 375 g/mol. The average Bonchev–Trinajstić information content (AvgIpc) is 2.88. The van der Waals surface area contributed by atoms with E-state index >= 15 is 0 Å². The molecule has 1 N–H and O–H groups in total. The normalized spacial score (nSPS) is 14.6. The van der Waals surface area contributed by atoms with Crippen LogP contribution in [0.25, 0.3) is 10.2 Å². The number of amides is 1. The summed E-state index contributed by atoms with van der Waals surface area (Å²) in [5.74, 6) is 1.25. The maximum atomic E-state index is 12.2. The molecule has 0 aliphatic heterocycles. The molecule has 0 aromatic carbocycles. The molecule has 25 heavy (non-hydrogen) atoms. The van der Waals surface area contributed by atoms with Gasteiger partial charge in [-0.05, 0) is 58.4 Å². The van der Waals surface area contributed by atoms with E-state index in [2.05, 4.69) is 35.2 Å². The fourth-order valence-electron chi connectivity index (χ4n) is 3.10. The molecule has 0 spiro atoms. The van der Waals surface area contributed by atoms with Gasteiger partial charge in [0, 0.05) is 16.8 Å². The highest BCUT2D eigenvalue weighted by Crippen LogP contribution is 2.34. The summed E-state index contributed by atoms with van der Waals surface area (Å²) in [5.41, 5.74) is 2.73. The van der Waals surface area contributed by atoms with Gasteiger partial charge in [-0.25, -0.2) is 9.97 Å². The van der Waals surface area contributed by atoms with E-state index in [1.165, 1.54) is 53.5 Å². The Labute approximate surface area is 157 Å². The molecule has 1 amide bonds. The van der Waals surface area contributed by atoms with Crippen molar-refractivity contribution < 1.29 is 4.79 Å². The van der Waals surface area contributed by atoms with E-state index in [0.29, 0.717) is 5.75 Å². The van der Waals surface area contributed by atoms with Crippen LogP contribution in [0.15, 0.2) is 16.7 Å². The number of rotatable bonds is 6. The summed E-state index contributed by atoms with van der Waals surface area (Å²) in [5, 5.41) is 5.08. The van der Waals surface area contributed by atoms with E-state index in [9.17, 15) is 4.79 Å². The Hall–Kier alpha value is -1.40. The zero-order valence-corrected chi connectivity index (χ0v) is 16.8. The van der Waals surface area contributed by atoms with Gasteiger partial charge in [0.1, 0.15) is 15.7 Å². The Morgan fingerprint density at radius 2 is 2.12 bits per heavy atom. The Morgan fingerprint density at radius 3 is 2.88 bits per heavy atom. The van der Waals surface area contributed by atoms with Crippen molar-refractivity contribution >= 4 is 39.2 Å². The molecular weight excluding hydrogens is 350 g/mol. The van der Waals surface area contributed by atoms with Crippen LogP contribution >= 0.6 is 23.1 Å². The van der Waals surface area contributed by atoms with Gasteiger partial charge in [0.15, 0.2) is 0 Å². The zero-order chi connectivity index (χ0) is 17.8. The second kappa shape index (κ2) is 8.32. The molecule has 0 unspecified atom stereocenters. The Kier molecular flexibility index (Phi) is 6.12. The Bertz CT molecular complexity index is 811. The summed E-state index contributed by atoms with van der Waals surface area (Å²) in [4.78, 5) is 23.6. The summed E-state index contributed by atoms with van der Waals surface area (Å²) in [6.45, 7) is 6.86. The molecule has 0 bridgehead atoms. The standard InChI is InChI=1S/C19H25N3OS2/c1-12-13(2)25-19-17(12)18(21-14(3)22-19)24-11-16(23)20-10-9-15-7-5-4-6-8-15/h7H,4-6,8-11H2,1-3H3,(H,20,23). The largest absolute Gasteiger partial charge is 0.355 e. The van der Waals surface area contributed by atoms with Gasteiger partial charge in [0.2, 0.25) is 5.91 Å². The van der Waals surface area contributed by atoms with E-state index < -0.39 is 0 Å². The lowest BCUT2D eigenvalue weighted by molar-refractivity contribution is -0.118. The number of nitrogens with one attached hydrogen (secondary N) is 1. The number of nitrogens with zero attached hydrogens (tertiary/aromatic N) is 2. The molecule has 6 heteroatoms. The number of thiophene rings is 1. The quantitative estimate of drug-likeness (QED) is 0.451. The van der Waals surface area contributed by atoms with E-state index in [0.717, 1.165) is 34.0 Å². The SMILES string of the molecule is Cc1nc(SCC(=O)NCCC2=CCCCC2)c2c(C)c(C)sc2n1. The first-order valence-corrected chi connectivity index (χ1v) is 10.7. The predicted molar refractivity (Wildman–Crippen MR) is 107 cm³/mol. The van der Waals surface area contributed by atoms with Crippen LogP contribution in [0.4, 0.5) is 0 Å². The molecule has 2 aromatic rings. The maximum Gasteiger partial charge on any atom is 0.230 e. The van der Waals surface area contributed by atoms with Gasteiger partial charge in [0.05, 0.1) is 5.75 Å². The lowest BCUT2D eigenvalue weighted by Crippen LogP contribution is -2.26. The molecule has 1 aliphatic carbocycles. The average molecular weight is 376 g/mol. The first kappa shape index (κ1) is 18.4. The predicted octanol–water partition coefficient (Wildman–Crippen LogP) is 4.72. The molecule has 2 heterocycles. The zero-order valence-electron chi connectivity index (χ0n) is 15.1. The molecule has 1 aliphatic rings. The number of thioether (sulfide) groups is 1. The maximum absolute atomic E-state index is 12.2. The van der Waals surface area contributed by atoms with Gasteiger partial charge in [0.25, 0.3) is 0 Å². The molecule has 4 nitrogen and oxygen atoms in total. The van der Waals surface area contributed by atoms with Gasteiger partial charge in [-0.2, -0.15) is 0 Å². The van der Waals surface area contributed by atoms with Gasteiger partial charge in [-0.15, -0.1) is 11.3 Å². The lowest BCUT2D eigenvalue weighted by Gasteiger charge is -2.13. The number of carbonyl (C=O) groups excluding carboxylic acids is 1. The van der Waals surface area contributed by atoms with Crippen LogP contribution in [0.5, 0.6) is 0 Å². The minimum atomic E-state index is 0.0791. The first-order chi connectivity index (χ1) is 12.0. The molecule has 3 rings (SSSR count). The molecule has 0 atom stereocenters. The van der Waals surface area contributed by atoms with Crippen LogP contribution in [-0.4, -0.2) is 28.2 Å². The molecular formula is C19H25N3OS2. The minimum Gasteiger partial charge on any atom is -0.355 e. The molecule has 0 radical (unpaired) electrons. The number of hydrogen-bond acceptors (Lipinski definition) is 5. The highest BCUT2D eigenvalue weighted by atomic mass is 32.2. The summed E-state index contributed by atoms with van der Waals surface area (Å²) in [7, 11) is 0. The number of aromatic nitrogens is 2. The van der Waals surface area contributed by atoms with Crippen LogP contribution in [-0.2, 0) is 4.79 Å². The summed E-state index contributed by atoms with van der Waals surface area (Å²) in [6.07, 6.45) is 8.31. The van der Waals surface area contributed by atoms with Crippen molar-refractivity contribution in [2.45, 2.75) is 57.9 Å². The van der Waals surface area contributed by atoms with Gasteiger partial charge >= 0.3 is 0 Å². The lowest BCUT2D eigenvalue weighted by atomic mass is 9.97. The summed E-state index contributed by atoms with van der Waals surface area (Å²) in [6, 6.07) is 0. The molecule has 0 fully saturated rings. The fraction of sp³-hybridized carbons (Fsp3) is 0.526. The van der Waals surface area contributed by atoms with E-state index in [1.54, 1.807) is 11.3 Å². The topological polar surface area (TPSA) is 54.9 Å². The third-order valence-electron chi connectivity index (χ3n) is 4.60. The van der Waals surface area contributed by atoms with Gasteiger partial charge in [-0.1, -0.05) is 23.4 Å². The molecule has 134 valence electrons. The van der Waals surface area contributed by atoms with Crippen molar-refractivity contribution in [1.82, 2.24) is 15.3 Å². The van der Waals surface area contributed by atoms with Crippen LogP contribution < -0.4 is 5.32 Å². The smallest absolute Gasteiger partial charge is 0.230 e. The second-order valence-electron chi connectivity index (χ2n) is 6.54.